The van der Waals surface area contributed by atoms with Gasteiger partial charge in [-0.25, -0.2) is 0 Å². The van der Waals surface area contributed by atoms with Crippen LogP contribution in [0.4, 0.5) is 5.69 Å². The molecule has 0 amide bonds. The van der Waals surface area contributed by atoms with Gasteiger partial charge in [0.25, 0.3) is 0 Å². The van der Waals surface area contributed by atoms with Crippen molar-refractivity contribution >= 4 is 23.0 Å². The van der Waals surface area contributed by atoms with Gasteiger partial charge in [-0.05, 0) is 56.8 Å². The van der Waals surface area contributed by atoms with E-state index in [-0.39, 0.29) is 0 Å². The molecule has 0 spiro atoms. The number of nitrogens with zero attached hydrogens (tertiary/aromatic N) is 3. The topological polar surface area (TPSA) is 54.2 Å². The lowest BCUT2D eigenvalue weighted by molar-refractivity contribution is 0.320. The molecule has 0 radical (unpaired) electrons. The minimum Gasteiger partial charge on any atom is -0.340 e. The first-order valence-corrected chi connectivity index (χ1v) is 8.98. The Hall–Kier alpha value is -2.73. The average molecular weight is 366 g/mol. The largest absolute Gasteiger partial charge is 0.340 e. The van der Waals surface area contributed by atoms with Crippen LogP contribution in [0.5, 0.6) is 0 Å². The Morgan fingerprint density at radius 2 is 1.85 bits per heavy atom. The maximum Gasteiger partial charge on any atom is 0.246 e. The third-order valence-corrected chi connectivity index (χ3v) is 4.37. The third-order valence-electron chi connectivity index (χ3n) is 4.01. The van der Waals surface area contributed by atoms with E-state index in [0.717, 1.165) is 23.4 Å². The molecular weight excluding hydrogens is 344 g/mol. The number of anilines is 1. The zero-order valence-corrected chi connectivity index (χ0v) is 16.0. The fraction of sp³-hybridized carbons (Fsp3) is 0.250. The summed E-state index contributed by atoms with van der Waals surface area (Å²) in [4.78, 5) is 6.50. The van der Waals surface area contributed by atoms with Crippen molar-refractivity contribution in [2.45, 2.75) is 27.3 Å². The zero-order chi connectivity index (χ0) is 18.5. The highest BCUT2D eigenvalue weighted by Crippen LogP contribution is 2.18. The monoisotopic (exact) mass is 366 g/mol. The standard InChI is InChI=1S/C20H22N4OS/c1-4-24(20(26)21-17-10-6-8-15(3)12-17)13-18-22-19(23-25-18)16-9-5-7-14(2)11-16/h5-12H,4,13H2,1-3H3,(H,21,26). The molecule has 0 aliphatic carbocycles. The number of aromatic nitrogens is 2. The number of thiocarbonyl (C=S) groups is 1. The molecule has 3 aromatic rings. The van der Waals surface area contributed by atoms with Crippen molar-refractivity contribution in [3.63, 3.8) is 0 Å². The smallest absolute Gasteiger partial charge is 0.246 e. The predicted octanol–water partition coefficient (Wildman–Crippen LogP) is 4.57. The lowest BCUT2D eigenvalue weighted by Crippen LogP contribution is -2.34. The average Bonchev–Trinajstić information content (AvgIpc) is 3.08. The summed E-state index contributed by atoms with van der Waals surface area (Å²) in [5.41, 5.74) is 4.26. The number of hydrogen-bond acceptors (Lipinski definition) is 4. The zero-order valence-electron chi connectivity index (χ0n) is 15.2. The number of aryl methyl sites for hydroxylation is 2. The molecule has 1 heterocycles. The Morgan fingerprint density at radius 3 is 2.54 bits per heavy atom. The Morgan fingerprint density at radius 1 is 1.12 bits per heavy atom. The van der Waals surface area contributed by atoms with Gasteiger partial charge in [-0.15, -0.1) is 0 Å². The van der Waals surface area contributed by atoms with Crippen LogP contribution in [0.2, 0.25) is 0 Å². The summed E-state index contributed by atoms with van der Waals surface area (Å²) >= 11 is 5.54. The van der Waals surface area contributed by atoms with Crippen LogP contribution in [0, 0.1) is 13.8 Å². The van der Waals surface area contributed by atoms with E-state index in [4.69, 9.17) is 16.7 Å². The van der Waals surface area contributed by atoms with Gasteiger partial charge in [-0.3, -0.25) is 0 Å². The van der Waals surface area contributed by atoms with Crippen molar-refractivity contribution in [2.75, 3.05) is 11.9 Å². The van der Waals surface area contributed by atoms with Crippen molar-refractivity contribution < 1.29 is 4.52 Å². The second kappa shape index (κ2) is 8.10. The number of benzene rings is 2. The van der Waals surface area contributed by atoms with E-state index in [1.165, 1.54) is 5.56 Å². The van der Waals surface area contributed by atoms with Gasteiger partial charge >= 0.3 is 0 Å². The summed E-state index contributed by atoms with van der Waals surface area (Å²) < 4.78 is 5.42. The highest BCUT2D eigenvalue weighted by molar-refractivity contribution is 7.80. The second-order valence-corrected chi connectivity index (χ2v) is 6.58. The van der Waals surface area contributed by atoms with Crippen molar-refractivity contribution in [1.82, 2.24) is 15.0 Å². The molecule has 6 heteroatoms. The van der Waals surface area contributed by atoms with Crippen LogP contribution in [-0.4, -0.2) is 26.7 Å². The number of hydrogen-bond donors (Lipinski definition) is 1. The molecule has 0 atom stereocenters. The van der Waals surface area contributed by atoms with E-state index in [2.05, 4.69) is 34.5 Å². The first kappa shape index (κ1) is 18.1. The van der Waals surface area contributed by atoms with Crippen LogP contribution in [0.25, 0.3) is 11.4 Å². The Kier molecular flexibility index (Phi) is 5.63. The van der Waals surface area contributed by atoms with E-state index in [1.54, 1.807) is 0 Å². The molecule has 0 unspecified atom stereocenters. The molecule has 5 nitrogen and oxygen atoms in total. The van der Waals surface area contributed by atoms with E-state index >= 15 is 0 Å². The van der Waals surface area contributed by atoms with Crippen LogP contribution < -0.4 is 5.32 Å². The lowest BCUT2D eigenvalue weighted by atomic mass is 10.1. The van der Waals surface area contributed by atoms with Crippen LogP contribution >= 0.6 is 12.2 Å². The molecule has 0 bridgehead atoms. The van der Waals surface area contributed by atoms with E-state index < -0.39 is 0 Å². The number of rotatable bonds is 5. The molecule has 1 aromatic heterocycles. The molecule has 0 aliphatic heterocycles. The normalized spacial score (nSPS) is 10.6. The molecule has 0 saturated heterocycles. The Labute approximate surface area is 159 Å². The Bertz CT molecular complexity index is 906. The first-order chi connectivity index (χ1) is 12.5. The lowest BCUT2D eigenvalue weighted by Gasteiger charge is -2.22. The van der Waals surface area contributed by atoms with Crippen molar-refractivity contribution in [3.05, 3.63) is 65.5 Å². The van der Waals surface area contributed by atoms with Gasteiger partial charge in [0.2, 0.25) is 11.7 Å². The van der Waals surface area contributed by atoms with Crippen molar-refractivity contribution in [2.24, 2.45) is 0 Å². The van der Waals surface area contributed by atoms with Gasteiger partial charge < -0.3 is 14.7 Å². The van der Waals surface area contributed by atoms with Gasteiger partial charge in [0.15, 0.2) is 5.11 Å². The first-order valence-electron chi connectivity index (χ1n) is 8.57. The Balaban J connectivity index is 1.69. The third kappa shape index (κ3) is 4.46. The van der Waals surface area contributed by atoms with Crippen LogP contribution in [0.3, 0.4) is 0 Å². The van der Waals surface area contributed by atoms with Gasteiger partial charge in [-0.1, -0.05) is 41.1 Å². The molecule has 26 heavy (non-hydrogen) atoms. The second-order valence-electron chi connectivity index (χ2n) is 6.20. The SMILES string of the molecule is CCN(Cc1nc(-c2cccc(C)c2)no1)C(=S)Nc1cccc(C)c1. The van der Waals surface area contributed by atoms with Crippen molar-refractivity contribution in [3.8, 4) is 11.4 Å². The van der Waals surface area contributed by atoms with E-state index in [1.807, 2.05) is 55.1 Å². The number of nitrogens with one attached hydrogen (secondary N) is 1. The summed E-state index contributed by atoms with van der Waals surface area (Å²) in [6.07, 6.45) is 0. The van der Waals surface area contributed by atoms with E-state index in [0.29, 0.717) is 23.4 Å². The molecule has 3 rings (SSSR count). The highest BCUT2D eigenvalue weighted by atomic mass is 32.1. The van der Waals surface area contributed by atoms with E-state index in [9.17, 15) is 0 Å². The van der Waals surface area contributed by atoms with Gasteiger partial charge in [-0.2, -0.15) is 4.98 Å². The molecular formula is C20H22N4OS. The summed E-state index contributed by atoms with van der Waals surface area (Å²) in [6, 6.07) is 16.1. The van der Waals surface area contributed by atoms with Gasteiger partial charge in [0.1, 0.15) is 0 Å². The van der Waals surface area contributed by atoms with Crippen molar-refractivity contribution in [1.29, 1.82) is 0 Å². The summed E-state index contributed by atoms with van der Waals surface area (Å²) in [7, 11) is 0. The molecule has 0 fully saturated rings. The predicted molar refractivity (Wildman–Crippen MR) is 108 cm³/mol. The molecule has 1 N–H and O–H groups in total. The molecule has 2 aromatic carbocycles. The summed E-state index contributed by atoms with van der Waals surface area (Å²) in [5.74, 6) is 1.13. The summed E-state index contributed by atoms with van der Waals surface area (Å²) in [5, 5.41) is 7.99. The minimum atomic E-state index is 0.465. The quantitative estimate of drug-likeness (QED) is 0.668. The van der Waals surface area contributed by atoms with Crippen LogP contribution in [0.1, 0.15) is 23.9 Å². The van der Waals surface area contributed by atoms with Crippen LogP contribution in [-0.2, 0) is 6.54 Å². The fourth-order valence-corrected chi connectivity index (χ4v) is 2.95. The van der Waals surface area contributed by atoms with Crippen LogP contribution in [0.15, 0.2) is 53.1 Å². The van der Waals surface area contributed by atoms with Gasteiger partial charge in [0, 0.05) is 17.8 Å². The van der Waals surface area contributed by atoms with Gasteiger partial charge in [0.05, 0.1) is 6.54 Å². The fourth-order valence-electron chi connectivity index (χ4n) is 2.64. The molecule has 134 valence electrons. The minimum absolute atomic E-state index is 0.465. The summed E-state index contributed by atoms with van der Waals surface area (Å²) in [6.45, 7) is 7.34. The highest BCUT2D eigenvalue weighted by Gasteiger charge is 2.14. The maximum atomic E-state index is 5.54. The molecule has 0 aliphatic rings. The molecule has 0 saturated carbocycles. The maximum absolute atomic E-state index is 5.54.